The Morgan fingerprint density at radius 1 is 1.13 bits per heavy atom. The molecule has 0 saturated carbocycles. The van der Waals surface area contributed by atoms with Crippen LogP contribution in [0, 0.1) is 0 Å². The SMILES string of the molecule is CCN1C(=O)C(=Cc2ccc3c(c2)C(C)CC(C)(C)N3C(C)C)C(=O)N(CC)C1=S. The minimum absolute atomic E-state index is 0.0782. The van der Waals surface area contributed by atoms with Crippen LogP contribution in [0.15, 0.2) is 23.8 Å². The van der Waals surface area contributed by atoms with Gasteiger partial charge in [0.2, 0.25) is 0 Å². The molecule has 1 atom stereocenters. The van der Waals surface area contributed by atoms with Gasteiger partial charge in [-0.15, -0.1) is 0 Å². The number of nitrogens with zero attached hydrogens (tertiary/aromatic N) is 3. The molecule has 2 heterocycles. The van der Waals surface area contributed by atoms with Gasteiger partial charge >= 0.3 is 0 Å². The monoisotopic (exact) mass is 427 g/mol. The van der Waals surface area contributed by atoms with Crippen LogP contribution >= 0.6 is 12.2 Å². The van der Waals surface area contributed by atoms with Crippen molar-refractivity contribution in [3.8, 4) is 0 Å². The average Bonchev–Trinajstić information content (AvgIpc) is 2.65. The number of fused-ring (bicyclic) bond motifs is 1. The summed E-state index contributed by atoms with van der Waals surface area (Å²) in [5, 5.41) is 0.293. The molecule has 0 N–H and O–H groups in total. The van der Waals surface area contributed by atoms with Gasteiger partial charge in [0.15, 0.2) is 5.11 Å². The standard InChI is InChI=1S/C24H33N3O2S/c1-8-25-21(28)19(22(29)26(9-2)23(25)30)13-17-10-11-20-18(12-17)16(5)14-24(6,7)27(20)15(3)4/h10-13,15-16H,8-9,14H2,1-7H3. The van der Waals surface area contributed by atoms with E-state index in [1.807, 2.05) is 19.9 Å². The van der Waals surface area contributed by atoms with Crippen LogP contribution in [0.1, 0.15) is 71.9 Å². The Bertz CT molecular complexity index is 891. The highest BCUT2D eigenvalue weighted by atomic mass is 32.1. The van der Waals surface area contributed by atoms with E-state index in [4.69, 9.17) is 12.2 Å². The topological polar surface area (TPSA) is 43.9 Å². The quantitative estimate of drug-likeness (QED) is 0.401. The number of likely N-dealkylation sites (N-methyl/N-ethyl adjacent to an activating group) is 2. The van der Waals surface area contributed by atoms with Crippen LogP contribution in [0.25, 0.3) is 6.08 Å². The van der Waals surface area contributed by atoms with E-state index in [9.17, 15) is 9.59 Å². The van der Waals surface area contributed by atoms with Gasteiger partial charge in [-0.2, -0.15) is 0 Å². The van der Waals surface area contributed by atoms with E-state index in [2.05, 4.69) is 51.7 Å². The van der Waals surface area contributed by atoms with E-state index in [0.29, 0.717) is 30.2 Å². The van der Waals surface area contributed by atoms with Crippen molar-refractivity contribution in [1.82, 2.24) is 9.80 Å². The normalized spacial score (nSPS) is 21.5. The molecule has 2 aliphatic heterocycles. The molecule has 6 heteroatoms. The first-order valence-corrected chi connectivity index (χ1v) is 11.3. The summed E-state index contributed by atoms with van der Waals surface area (Å²) in [7, 11) is 0. The lowest BCUT2D eigenvalue weighted by molar-refractivity contribution is -0.133. The van der Waals surface area contributed by atoms with E-state index < -0.39 is 0 Å². The Kier molecular flexibility index (Phi) is 6.10. The molecule has 1 unspecified atom stereocenters. The van der Waals surface area contributed by atoms with Crippen LogP contribution in [0.5, 0.6) is 0 Å². The third-order valence-electron chi connectivity index (χ3n) is 6.17. The first kappa shape index (κ1) is 22.5. The van der Waals surface area contributed by atoms with Crippen LogP contribution < -0.4 is 4.90 Å². The van der Waals surface area contributed by atoms with Crippen LogP contribution in [-0.2, 0) is 9.59 Å². The molecular weight excluding hydrogens is 394 g/mol. The second-order valence-corrected chi connectivity index (χ2v) is 9.50. The smallest absolute Gasteiger partial charge is 0.265 e. The molecule has 1 aromatic rings. The number of hydrogen-bond acceptors (Lipinski definition) is 4. The minimum Gasteiger partial charge on any atom is -0.364 e. The Morgan fingerprint density at radius 2 is 1.70 bits per heavy atom. The van der Waals surface area contributed by atoms with Crippen molar-refractivity contribution in [2.75, 3.05) is 18.0 Å². The van der Waals surface area contributed by atoms with Crippen LogP contribution in [0.2, 0.25) is 0 Å². The van der Waals surface area contributed by atoms with Crippen LogP contribution in [0.4, 0.5) is 5.69 Å². The van der Waals surface area contributed by atoms with E-state index in [-0.39, 0.29) is 22.9 Å². The van der Waals surface area contributed by atoms with E-state index in [1.54, 1.807) is 6.08 Å². The molecule has 0 radical (unpaired) electrons. The van der Waals surface area contributed by atoms with E-state index >= 15 is 0 Å². The van der Waals surface area contributed by atoms with Crippen LogP contribution in [0.3, 0.4) is 0 Å². The lowest BCUT2D eigenvalue weighted by Crippen LogP contribution is -2.55. The molecule has 162 valence electrons. The van der Waals surface area contributed by atoms with Gasteiger partial charge in [0.05, 0.1) is 0 Å². The predicted octanol–water partition coefficient (Wildman–Crippen LogP) is 4.57. The molecule has 3 rings (SSSR count). The minimum atomic E-state index is -0.312. The molecule has 0 aromatic heterocycles. The first-order valence-electron chi connectivity index (χ1n) is 10.9. The summed E-state index contributed by atoms with van der Waals surface area (Å²) in [5.74, 6) is -0.228. The summed E-state index contributed by atoms with van der Waals surface area (Å²) in [5.41, 5.74) is 3.64. The first-order chi connectivity index (χ1) is 14.0. The van der Waals surface area contributed by atoms with E-state index in [0.717, 1.165) is 12.0 Å². The highest BCUT2D eigenvalue weighted by Crippen LogP contribution is 2.44. The number of carbonyl (C=O) groups is 2. The number of thiocarbonyl (C=S) groups is 1. The van der Waals surface area contributed by atoms with Crippen LogP contribution in [-0.4, -0.2) is 51.4 Å². The molecule has 5 nitrogen and oxygen atoms in total. The fraction of sp³-hybridized carbons (Fsp3) is 0.542. The highest BCUT2D eigenvalue weighted by molar-refractivity contribution is 7.80. The third-order valence-corrected chi connectivity index (χ3v) is 6.61. The second kappa shape index (κ2) is 8.14. The molecule has 2 amide bonds. The van der Waals surface area contributed by atoms with Gasteiger partial charge in [0.25, 0.3) is 11.8 Å². The largest absolute Gasteiger partial charge is 0.364 e. The number of amides is 2. The van der Waals surface area contributed by atoms with Gasteiger partial charge in [-0.1, -0.05) is 13.0 Å². The van der Waals surface area contributed by atoms with Gasteiger partial charge in [-0.3, -0.25) is 19.4 Å². The van der Waals surface area contributed by atoms with Gasteiger partial charge in [-0.25, -0.2) is 0 Å². The Morgan fingerprint density at radius 3 is 2.20 bits per heavy atom. The fourth-order valence-electron chi connectivity index (χ4n) is 5.09. The van der Waals surface area contributed by atoms with Gasteiger partial charge in [0.1, 0.15) is 5.57 Å². The number of anilines is 1. The van der Waals surface area contributed by atoms with Crippen molar-refractivity contribution in [3.63, 3.8) is 0 Å². The number of hydrogen-bond donors (Lipinski definition) is 0. The van der Waals surface area contributed by atoms with Gasteiger partial charge in [-0.05, 0) is 95.4 Å². The molecular formula is C24H33N3O2S. The van der Waals surface area contributed by atoms with Crippen molar-refractivity contribution in [2.24, 2.45) is 0 Å². The Labute approximate surface area is 185 Å². The van der Waals surface area contributed by atoms with Crippen molar-refractivity contribution in [1.29, 1.82) is 0 Å². The Balaban J connectivity index is 2.07. The zero-order valence-electron chi connectivity index (χ0n) is 19.2. The third kappa shape index (κ3) is 3.66. The summed E-state index contributed by atoms with van der Waals surface area (Å²) in [4.78, 5) is 31.3. The summed E-state index contributed by atoms with van der Waals surface area (Å²) in [6.45, 7) is 15.9. The molecule has 30 heavy (non-hydrogen) atoms. The summed E-state index contributed by atoms with van der Waals surface area (Å²) in [6, 6.07) is 6.67. The van der Waals surface area contributed by atoms with E-state index in [1.165, 1.54) is 21.1 Å². The lowest BCUT2D eigenvalue weighted by Gasteiger charge is -2.50. The highest BCUT2D eigenvalue weighted by Gasteiger charge is 2.39. The van der Waals surface area contributed by atoms with Gasteiger partial charge in [0, 0.05) is 30.4 Å². The molecule has 0 aliphatic carbocycles. The molecule has 1 fully saturated rings. The molecule has 0 bridgehead atoms. The maximum absolute atomic E-state index is 12.9. The maximum atomic E-state index is 12.9. The lowest BCUT2D eigenvalue weighted by atomic mass is 9.78. The maximum Gasteiger partial charge on any atom is 0.265 e. The molecule has 0 spiro atoms. The second-order valence-electron chi connectivity index (χ2n) is 9.14. The predicted molar refractivity (Wildman–Crippen MR) is 127 cm³/mol. The number of carbonyl (C=O) groups excluding carboxylic acids is 2. The Hall–Kier alpha value is -2.21. The molecule has 2 aliphatic rings. The zero-order chi connectivity index (χ0) is 22.4. The van der Waals surface area contributed by atoms with Crippen molar-refractivity contribution in [3.05, 3.63) is 34.9 Å². The summed E-state index contributed by atoms with van der Waals surface area (Å²) in [6.07, 6.45) is 2.78. The fourth-order valence-corrected chi connectivity index (χ4v) is 5.51. The number of rotatable bonds is 4. The van der Waals surface area contributed by atoms with Crippen molar-refractivity contribution in [2.45, 2.75) is 72.4 Å². The average molecular weight is 428 g/mol. The van der Waals surface area contributed by atoms with Crippen molar-refractivity contribution >= 4 is 40.9 Å². The summed E-state index contributed by atoms with van der Waals surface area (Å²) < 4.78 is 0. The molecule has 1 aromatic carbocycles. The zero-order valence-corrected chi connectivity index (χ0v) is 20.0. The summed E-state index contributed by atoms with van der Waals surface area (Å²) >= 11 is 5.35. The number of benzene rings is 1. The molecule has 1 saturated heterocycles. The van der Waals surface area contributed by atoms with Gasteiger partial charge < -0.3 is 4.90 Å². The van der Waals surface area contributed by atoms with Crippen molar-refractivity contribution < 1.29 is 9.59 Å².